The Balaban J connectivity index is 1.76. The van der Waals surface area contributed by atoms with Crippen molar-refractivity contribution < 1.29 is 23.9 Å². The molecule has 1 aliphatic heterocycles. The van der Waals surface area contributed by atoms with Crippen LogP contribution in [-0.4, -0.2) is 42.2 Å². The van der Waals surface area contributed by atoms with Gasteiger partial charge in [-0.05, 0) is 46.7 Å². The number of pyridine rings is 1. The molecule has 2 aromatic rings. The van der Waals surface area contributed by atoms with Gasteiger partial charge < -0.3 is 24.3 Å². The maximum absolute atomic E-state index is 12.6. The van der Waals surface area contributed by atoms with Crippen LogP contribution in [-0.2, 0) is 4.79 Å². The van der Waals surface area contributed by atoms with Crippen LogP contribution in [0.1, 0.15) is 13.3 Å². The molecule has 1 unspecified atom stereocenters. The van der Waals surface area contributed by atoms with Gasteiger partial charge in [-0.3, -0.25) is 9.69 Å². The van der Waals surface area contributed by atoms with E-state index in [-0.39, 0.29) is 30.7 Å². The molecule has 0 N–H and O–H groups in total. The summed E-state index contributed by atoms with van der Waals surface area (Å²) in [6.45, 7) is 2.21. The van der Waals surface area contributed by atoms with Crippen molar-refractivity contribution in [2.24, 2.45) is 0 Å². The zero-order chi connectivity index (χ0) is 19.4. The van der Waals surface area contributed by atoms with Gasteiger partial charge in [-0.25, -0.2) is 0 Å². The summed E-state index contributed by atoms with van der Waals surface area (Å²) in [5, 5.41) is 11.0. The highest BCUT2D eigenvalue weighted by atomic mass is 16.6. The van der Waals surface area contributed by atoms with Gasteiger partial charge in [0.2, 0.25) is 0 Å². The zero-order valence-electron chi connectivity index (χ0n) is 15.0. The van der Waals surface area contributed by atoms with E-state index in [9.17, 15) is 14.9 Å². The molecule has 1 atom stereocenters. The molecule has 0 fully saturated rings. The molecule has 9 nitrogen and oxygen atoms in total. The van der Waals surface area contributed by atoms with Crippen LogP contribution >= 0.6 is 0 Å². The van der Waals surface area contributed by atoms with Gasteiger partial charge in [0.05, 0.1) is 13.7 Å². The molecule has 1 aliphatic rings. The molecule has 1 aromatic carbocycles. The van der Waals surface area contributed by atoms with Crippen molar-refractivity contribution >= 4 is 17.5 Å². The minimum absolute atomic E-state index is 0.136. The SMILES string of the molecule is CCC1Oc2ccc([N+](=O)[O-])nc2N(CCOc2ccc(OC)cc2)C1=O. The van der Waals surface area contributed by atoms with E-state index in [0.717, 1.165) is 0 Å². The van der Waals surface area contributed by atoms with Crippen molar-refractivity contribution in [3.63, 3.8) is 0 Å². The number of ether oxygens (including phenoxy) is 3. The van der Waals surface area contributed by atoms with Gasteiger partial charge >= 0.3 is 5.82 Å². The predicted molar refractivity (Wildman–Crippen MR) is 96.4 cm³/mol. The van der Waals surface area contributed by atoms with E-state index in [1.165, 1.54) is 17.0 Å². The lowest BCUT2D eigenvalue weighted by atomic mass is 10.2. The molecule has 0 aliphatic carbocycles. The number of nitro groups is 1. The van der Waals surface area contributed by atoms with Gasteiger partial charge in [-0.15, -0.1) is 0 Å². The van der Waals surface area contributed by atoms with Crippen molar-refractivity contribution in [3.8, 4) is 17.2 Å². The molecule has 9 heteroatoms. The monoisotopic (exact) mass is 373 g/mol. The number of carbonyl (C=O) groups is 1. The summed E-state index contributed by atoms with van der Waals surface area (Å²) in [5.41, 5.74) is 0. The third kappa shape index (κ3) is 3.91. The van der Waals surface area contributed by atoms with Gasteiger partial charge in [0.15, 0.2) is 11.9 Å². The Bertz CT molecular complexity index is 839. The number of amides is 1. The third-order valence-electron chi connectivity index (χ3n) is 4.09. The summed E-state index contributed by atoms with van der Waals surface area (Å²) in [6.07, 6.45) is -0.174. The number of aromatic nitrogens is 1. The number of benzene rings is 1. The molecule has 27 heavy (non-hydrogen) atoms. The number of methoxy groups -OCH3 is 1. The first-order chi connectivity index (χ1) is 13.0. The van der Waals surface area contributed by atoms with Crippen molar-refractivity contribution in [2.75, 3.05) is 25.2 Å². The molecule has 2 heterocycles. The van der Waals surface area contributed by atoms with Crippen LogP contribution in [0, 0.1) is 10.1 Å². The maximum atomic E-state index is 12.6. The largest absolute Gasteiger partial charge is 0.497 e. The molecule has 142 valence electrons. The van der Waals surface area contributed by atoms with E-state index in [1.807, 2.05) is 6.92 Å². The average Bonchev–Trinajstić information content (AvgIpc) is 2.69. The summed E-state index contributed by atoms with van der Waals surface area (Å²) in [7, 11) is 1.58. The fourth-order valence-corrected chi connectivity index (χ4v) is 2.70. The van der Waals surface area contributed by atoms with Crippen molar-refractivity contribution in [3.05, 3.63) is 46.5 Å². The highest BCUT2D eigenvalue weighted by Crippen LogP contribution is 2.34. The molecule has 1 amide bonds. The minimum atomic E-state index is -0.651. The Labute approximate surface area is 155 Å². The number of carbonyl (C=O) groups excluding carboxylic acids is 1. The van der Waals surface area contributed by atoms with E-state index in [4.69, 9.17) is 14.2 Å². The maximum Gasteiger partial charge on any atom is 0.366 e. The zero-order valence-corrected chi connectivity index (χ0v) is 15.0. The second-order valence-electron chi connectivity index (χ2n) is 5.78. The van der Waals surface area contributed by atoms with E-state index in [0.29, 0.717) is 23.7 Å². The number of fused-ring (bicyclic) bond motifs is 1. The molecule has 0 spiro atoms. The quantitative estimate of drug-likeness (QED) is 0.543. The summed E-state index contributed by atoms with van der Waals surface area (Å²) in [5.74, 6) is 1.17. The molecule has 0 radical (unpaired) electrons. The van der Waals surface area contributed by atoms with Crippen LogP contribution in [0.25, 0.3) is 0 Å². The molecule has 0 saturated carbocycles. The van der Waals surface area contributed by atoms with E-state index in [2.05, 4.69) is 4.98 Å². The average molecular weight is 373 g/mol. The van der Waals surface area contributed by atoms with Gasteiger partial charge in [-0.1, -0.05) is 6.92 Å². The second kappa shape index (κ2) is 7.90. The van der Waals surface area contributed by atoms with Crippen LogP contribution in [0.2, 0.25) is 0 Å². The normalized spacial score (nSPS) is 15.7. The molecular formula is C18H19N3O6. The fourth-order valence-electron chi connectivity index (χ4n) is 2.70. The van der Waals surface area contributed by atoms with Crippen LogP contribution in [0.3, 0.4) is 0 Å². The minimum Gasteiger partial charge on any atom is -0.497 e. The summed E-state index contributed by atoms with van der Waals surface area (Å²) < 4.78 is 16.4. The Morgan fingerprint density at radius 2 is 1.93 bits per heavy atom. The van der Waals surface area contributed by atoms with Crippen LogP contribution in [0.5, 0.6) is 17.2 Å². The van der Waals surface area contributed by atoms with Crippen molar-refractivity contribution in [1.29, 1.82) is 0 Å². The highest BCUT2D eigenvalue weighted by molar-refractivity contribution is 5.99. The van der Waals surface area contributed by atoms with E-state index >= 15 is 0 Å². The Kier molecular flexibility index (Phi) is 5.39. The summed E-state index contributed by atoms with van der Waals surface area (Å²) >= 11 is 0. The lowest BCUT2D eigenvalue weighted by Gasteiger charge is -2.30. The molecule has 3 rings (SSSR count). The first kappa shape index (κ1) is 18.4. The predicted octanol–water partition coefficient (Wildman–Crippen LogP) is 2.58. The topological polar surface area (TPSA) is 104 Å². The van der Waals surface area contributed by atoms with E-state index in [1.54, 1.807) is 31.4 Å². The Hall–Kier alpha value is -3.36. The number of hydrogen-bond acceptors (Lipinski definition) is 7. The summed E-state index contributed by atoms with van der Waals surface area (Å²) in [4.78, 5) is 28.4. The van der Waals surface area contributed by atoms with Gasteiger partial charge in [0, 0.05) is 6.07 Å². The van der Waals surface area contributed by atoms with Crippen molar-refractivity contribution in [2.45, 2.75) is 19.4 Å². The number of nitrogens with zero attached hydrogens (tertiary/aromatic N) is 3. The van der Waals surface area contributed by atoms with Crippen LogP contribution in [0.4, 0.5) is 11.6 Å². The number of anilines is 1. The van der Waals surface area contributed by atoms with Gasteiger partial charge in [-0.2, -0.15) is 0 Å². The lowest BCUT2D eigenvalue weighted by molar-refractivity contribution is -0.389. The first-order valence-electron chi connectivity index (χ1n) is 8.43. The highest BCUT2D eigenvalue weighted by Gasteiger charge is 2.37. The number of hydrogen-bond donors (Lipinski definition) is 0. The number of rotatable bonds is 7. The van der Waals surface area contributed by atoms with Crippen LogP contribution < -0.4 is 19.1 Å². The van der Waals surface area contributed by atoms with Crippen LogP contribution in [0.15, 0.2) is 36.4 Å². The second-order valence-corrected chi connectivity index (χ2v) is 5.78. The standard InChI is InChI=1S/C18H19N3O6/c1-3-14-18(22)20(10-11-26-13-6-4-12(25-2)5-7-13)17-15(27-14)8-9-16(19-17)21(23)24/h4-9,14H,3,10-11H2,1-2H3. The van der Waals surface area contributed by atoms with E-state index < -0.39 is 11.0 Å². The molecule has 0 saturated heterocycles. The third-order valence-corrected chi connectivity index (χ3v) is 4.09. The Morgan fingerprint density at radius 3 is 2.56 bits per heavy atom. The smallest absolute Gasteiger partial charge is 0.366 e. The van der Waals surface area contributed by atoms with Crippen molar-refractivity contribution in [1.82, 2.24) is 4.98 Å². The molecule has 1 aromatic heterocycles. The molecule has 0 bridgehead atoms. The first-order valence-corrected chi connectivity index (χ1v) is 8.43. The molecular weight excluding hydrogens is 354 g/mol. The van der Waals surface area contributed by atoms with Gasteiger partial charge in [0.25, 0.3) is 11.7 Å². The lowest BCUT2D eigenvalue weighted by Crippen LogP contribution is -2.47. The Morgan fingerprint density at radius 1 is 1.22 bits per heavy atom. The fraction of sp³-hybridized carbons (Fsp3) is 0.333. The van der Waals surface area contributed by atoms with Gasteiger partial charge in [0.1, 0.15) is 18.1 Å². The summed E-state index contributed by atoms with van der Waals surface area (Å²) in [6, 6.07) is 9.77.